The maximum absolute atomic E-state index is 12.2. The van der Waals surface area contributed by atoms with Crippen LogP contribution >= 0.6 is 0 Å². The summed E-state index contributed by atoms with van der Waals surface area (Å²) in [6.45, 7) is -0.896. The molecule has 1 N–H and O–H groups in total. The smallest absolute Gasteiger partial charge is 0.387 e. The highest BCUT2D eigenvalue weighted by atomic mass is 19.3. The molecule has 0 saturated carbocycles. The van der Waals surface area contributed by atoms with E-state index in [0.717, 1.165) is 5.56 Å². The third-order valence-electron chi connectivity index (χ3n) is 2.68. The molecular weight excluding hydrogens is 244 g/mol. The Hall–Kier alpha value is -1.40. The first-order valence-electron chi connectivity index (χ1n) is 5.62. The standard InChI is InChI=1S/C12H15F2NO3/c1-16-10-3-2-8(4-11(10)18-12(13)14)5-15-9-6-17-7-9/h2-4,9,12,15H,5-7H2,1H3. The Morgan fingerprint density at radius 2 is 2.17 bits per heavy atom. The lowest BCUT2D eigenvalue weighted by Crippen LogP contribution is -2.45. The molecule has 0 amide bonds. The average molecular weight is 259 g/mol. The molecule has 0 unspecified atom stereocenters. The molecule has 0 aromatic heterocycles. The molecule has 0 atom stereocenters. The Morgan fingerprint density at radius 3 is 2.72 bits per heavy atom. The number of ether oxygens (including phenoxy) is 3. The van der Waals surface area contributed by atoms with Gasteiger partial charge >= 0.3 is 6.61 Å². The van der Waals surface area contributed by atoms with E-state index in [1.165, 1.54) is 7.11 Å². The fourth-order valence-electron chi connectivity index (χ4n) is 1.63. The van der Waals surface area contributed by atoms with Crippen molar-refractivity contribution < 1.29 is 23.0 Å². The van der Waals surface area contributed by atoms with E-state index in [1.807, 2.05) is 6.07 Å². The first-order valence-corrected chi connectivity index (χ1v) is 5.62. The largest absolute Gasteiger partial charge is 0.493 e. The summed E-state index contributed by atoms with van der Waals surface area (Å²) in [5, 5.41) is 3.24. The van der Waals surface area contributed by atoms with E-state index >= 15 is 0 Å². The molecule has 1 aliphatic heterocycles. The third kappa shape index (κ3) is 3.30. The minimum absolute atomic E-state index is 0.0525. The molecule has 0 radical (unpaired) electrons. The van der Waals surface area contributed by atoms with Crippen LogP contribution in [0.25, 0.3) is 0 Å². The highest BCUT2D eigenvalue weighted by molar-refractivity contribution is 5.43. The van der Waals surface area contributed by atoms with Crippen molar-refractivity contribution in [2.45, 2.75) is 19.2 Å². The van der Waals surface area contributed by atoms with Gasteiger partial charge in [-0.05, 0) is 17.7 Å². The van der Waals surface area contributed by atoms with Gasteiger partial charge in [-0.3, -0.25) is 0 Å². The number of rotatable bonds is 6. The second kappa shape index (κ2) is 5.97. The summed E-state index contributed by atoms with van der Waals surface area (Å²) in [5.41, 5.74) is 0.860. The van der Waals surface area contributed by atoms with E-state index in [0.29, 0.717) is 31.5 Å². The van der Waals surface area contributed by atoms with Crippen molar-refractivity contribution in [1.29, 1.82) is 0 Å². The van der Waals surface area contributed by atoms with Crippen molar-refractivity contribution in [2.75, 3.05) is 20.3 Å². The van der Waals surface area contributed by atoms with Crippen LogP contribution < -0.4 is 14.8 Å². The van der Waals surface area contributed by atoms with Gasteiger partial charge in [0.25, 0.3) is 0 Å². The molecule has 1 aromatic carbocycles. The highest BCUT2D eigenvalue weighted by Crippen LogP contribution is 2.29. The molecule has 1 fully saturated rings. The average Bonchev–Trinajstić information content (AvgIpc) is 2.26. The minimum atomic E-state index is -2.86. The van der Waals surface area contributed by atoms with Crippen molar-refractivity contribution in [3.63, 3.8) is 0 Å². The predicted molar refractivity (Wildman–Crippen MR) is 61.1 cm³/mol. The zero-order chi connectivity index (χ0) is 13.0. The van der Waals surface area contributed by atoms with Crippen LogP contribution in [0, 0.1) is 0 Å². The zero-order valence-corrected chi connectivity index (χ0v) is 9.99. The lowest BCUT2D eigenvalue weighted by molar-refractivity contribution is -0.0512. The summed E-state index contributed by atoms with van der Waals surface area (Å²) < 4.78 is 38.9. The normalized spacial score (nSPS) is 15.6. The van der Waals surface area contributed by atoms with Crippen LogP contribution in [-0.2, 0) is 11.3 Å². The molecule has 0 aliphatic carbocycles. The molecule has 0 spiro atoms. The molecule has 100 valence electrons. The second-order valence-corrected chi connectivity index (χ2v) is 3.98. The zero-order valence-electron chi connectivity index (χ0n) is 9.99. The van der Waals surface area contributed by atoms with Crippen LogP contribution in [0.15, 0.2) is 18.2 Å². The van der Waals surface area contributed by atoms with Crippen molar-refractivity contribution >= 4 is 0 Å². The lowest BCUT2D eigenvalue weighted by Gasteiger charge is -2.27. The summed E-state index contributed by atoms with van der Waals surface area (Å²) in [5.74, 6) is 0.350. The van der Waals surface area contributed by atoms with Crippen LogP contribution in [0.4, 0.5) is 8.78 Å². The topological polar surface area (TPSA) is 39.7 Å². The quantitative estimate of drug-likeness (QED) is 0.845. The number of benzene rings is 1. The van der Waals surface area contributed by atoms with Gasteiger partial charge in [-0.15, -0.1) is 0 Å². The number of nitrogens with one attached hydrogen (secondary N) is 1. The van der Waals surface area contributed by atoms with E-state index in [9.17, 15) is 8.78 Å². The Kier molecular flexibility index (Phi) is 4.33. The Bertz CT molecular complexity index is 397. The van der Waals surface area contributed by atoms with E-state index in [2.05, 4.69) is 10.1 Å². The third-order valence-corrected chi connectivity index (χ3v) is 2.68. The van der Waals surface area contributed by atoms with Crippen molar-refractivity contribution in [3.8, 4) is 11.5 Å². The van der Waals surface area contributed by atoms with Gasteiger partial charge in [0.05, 0.1) is 26.4 Å². The summed E-state index contributed by atoms with van der Waals surface area (Å²) in [6, 6.07) is 5.32. The summed E-state index contributed by atoms with van der Waals surface area (Å²) in [6.07, 6.45) is 0. The maximum Gasteiger partial charge on any atom is 0.387 e. The Morgan fingerprint density at radius 1 is 1.39 bits per heavy atom. The molecule has 1 aliphatic rings. The molecule has 1 aromatic rings. The van der Waals surface area contributed by atoms with Gasteiger partial charge in [-0.25, -0.2) is 0 Å². The Labute approximate surface area is 104 Å². The fourth-order valence-corrected chi connectivity index (χ4v) is 1.63. The second-order valence-electron chi connectivity index (χ2n) is 3.98. The van der Waals surface area contributed by atoms with Gasteiger partial charge < -0.3 is 19.5 Å². The molecule has 4 nitrogen and oxygen atoms in total. The lowest BCUT2D eigenvalue weighted by atomic mass is 10.1. The van der Waals surface area contributed by atoms with Crippen LogP contribution in [0.2, 0.25) is 0 Å². The fraction of sp³-hybridized carbons (Fsp3) is 0.500. The predicted octanol–water partition coefficient (Wildman–Crippen LogP) is 1.78. The number of hydrogen-bond acceptors (Lipinski definition) is 4. The van der Waals surface area contributed by atoms with E-state index in [4.69, 9.17) is 9.47 Å². The monoisotopic (exact) mass is 259 g/mol. The van der Waals surface area contributed by atoms with Crippen LogP contribution in [0.1, 0.15) is 5.56 Å². The molecular formula is C12H15F2NO3. The summed E-state index contributed by atoms with van der Waals surface area (Å²) >= 11 is 0. The molecule has 1 heterocycles. The van der Waals surface area contributed by atoms with Crippen LogP contribution in [0.5, 0.6) is 11.5 Å². The van der Waals surface area contributed by atoms with Gasteiger partial charge in [0, 0.05) is 6.54 Å². The highest BCUT2D eigenvalue weighted by Gasteiger charge is 2.17. The van der Waals surface area contributed by atoms with Gasteiger partial charge in [0.1, 0.15) is 0 Å². The van der Waals surface area contributed by atoms with E-state index < -0.39 is 6.61 Å². The van der Waals surface area contributed by atoms with Crippen molar-refractivity contribution in [3.05, 3.63) is 23.8 Å². The number of alkyl halides is 2. The van der Waals surface area contributed by atoms with Crippen molar-refractivity contribution in [2.24, 2.45) is 0 Å². The molecule has 18 heavy (non-hydrogen) atoms. The number of halogens is 2. The maximum atomic E-state index is 12.2. The SMILES string of the molecule is COc1ccc(CNC2COC2)cc1OC(F)F. The first-order chi connectivity index (χ1) is 8.69. The molecule has 2 rings (SSSR count). The molecule has 0 bridgehead atoms. The molecule has 6 heteroatoms. The number of methoxy groups -OCH3 is 1. The summed E-state index contributed by atoms with van der Waals surface area (Å²) in [7, 11) is 1.41. The van der Waals surface area contributed by atoms with Gasteiger partial charge in [-0.1, -0.05) is 6.07 Å². The van der Waals surface area contributed by atoms with Crippen molar-refractivity contribution in [1.82, 2.24) is 5.32 Å². The summed E-state index contributed by atoms with van der Waals surface area (Å²) in [4.78, 5) is 0. The van der Waals surface area contributed by atoms with Gasteiger partial charge in [0.2, 0.25) is 0 Å². The Balaban J connectivity index is 2.01. The molecule has 1 saturated heterocycles. The van der Waals surface area contributed by atoms with Gasteiger partial charge in [-0.2, -0.15) is 8.78 Å². The minimum Gasteiger partial charge on any atom is -0.493 e. The first kappa shape index (κ1) is 13.0. The van der Waals surface area contributed by atoms with Crippen LogP contribution in [-0.4, -0.2) is 33.0 Å². The van der Waals surface area contributed by atoms with Gasteiger partial charge in [0.15, 0.2) is 11.5 Å². The van der Waals surface area contributed by atoms with Crippen LogP contribution in [0.3, 0.4) is 0 Å². The number of hydrogen-bond donors (Lipinski definition) is 1. The van der Waals surface area contributed by atoms with E-state index in [1.54, 1.807) is 12.1 Å². The van der Waals surface area contributed by atoms with E-state index in [-0.39, 0.29) is 5.75 Å².